The number of likely N-dealkylation sites (N-methyl/N-ethyl adjacent to an activating group) is 1. The van der Waals surface area contributed by atoms with Gasteiger partial charge in [0.15, 0.2) is 0 Å². The molecule has 1 saturated heterocycles. The molecule has 1 aromatic carbocycles. The third-order valence-electron chi connectivity index (χ3n) is 3.10. The lowest BCUT2D eigenvalue weighted by atomic mass is 10.2. The highest BCUT2D eigenvalue weighted by atomic mass is 32.2. The van der Waals surface area contributed by atoms with E-state index in [0.717, 1.165) is 26.2 Å². The van der Waals surface area contributed by atoms with Gasteiger partial charge in [0, 0.05) is 42.8 Å². The summed E-state index contributed by atoms with van der Waals surface area (Å²) in [6.45, 7) is 4.35. The van der Waals surface area contributed by atoms with E-state index in [1.165, 1.54) is 10.6 Å². The quantitative estimate of drug-likeness (QED) is 0.797. The van der Waals surface area contributed by atoms with Gasteiger partial charge in [-0.3, -0.25) is 0 Å². The number of hydrogen-bond acceptors (Lipinski definition) is 4. The highest BCUT2D eigenvalue weighted by Crippen LogP contribution is 2.17. The Morgan fingerprint density at radius 2 is 2.18 bits per heavy atom. The van der Waals surface area contributed by atoms with Crippen LogP contribution >= 0.6 is 11.8 Å². The molecule has 0 amide bonds. The van der Waals surface area contributed by atoms with E-state index in [1.807, 2.05) is 0 Å². The summed E-state index contributed by atoms with van der Waals surface area (Å²) in [5.74, 6) is 0. The van der Waals surface area contributed by atoms with E-state index in [-0.39, 0.29) is 0 Å². The second kappa shape index (κ2) is 6.28. The van der Waals surface area contributed by atoms with Crippen molar-refractivity contribution in [2.45, 2.75) is 10.9 Å². The molecule has 0 radical (unpaired) electrons. The summed E-state index contributed by atoms with van der Waals surface area (Å²) in [6, 6.07) is 9.17. The average molecular weight is 251 g/mol. The van der Waals surface area contributed by atoms with Crippen LogP contribution in [0.15, 0.2) is 29.2 Å². The van der Waals surface area contributed by atoms with Gasteiger partial charge >= 0.3 is 0 Å². The van der Waals surface area contributed by atoms with Gasteiger partial charge in [-0.05, 0) is 37.6 Å². The molecule has 1 unspecified atom stereocenters. The van der Waals surface area contributed by atoms with E-state index >= 15 is 0 Å². The Morgan fingerprint density at radius 1 is 1.41 bits per heavy atom. The van der Waals surface area contributed by atoms with Crippen molar-refractivity contribution >= 4 is 17.4 Å². The maximum atomic E-state index is 3.53. The molecule has 2 N–H and O–H groups in total. The van der Waals surface area contributed by atoms with Crippen LogP contribution in [0.1, 0.15) is 0 Å². The lowest BCUT2D eigenvalue weighted by Gasteiger charge is -2.31. The van der Waals surface area contributed by atoms with Crippen molar-refractivity contribution in [1.82, 2.24) is 10.2 Å². The first-order chi connectivity index (χ1) is 8.28. The van der Waals surface area contributed by atoms with E-state index in [9.17, 15) is 0 Å². The molecule has 1 heterocycles. The Bertz CT molecular complexity index is 339. The molecule has 0 bridgehead atoms. The molecule has 4 heteroatoms. The number of rotatable bonds is 4. The first kappa shape index (κ1) is 12.7. The zero-order valence-corrected chi connectivity index (χ0v) is 11.4. The number of benzene rings is 1. The summed E-state index contributed by atoms with van der Waals surface area (Å²) in [6.07, 6.45) is 2.10. The summed E-state index contributed by atoms with van der Waals surface area (Å²) in [5.41, 5.74) is 1.21. The Hall–Kier alpha value is -0.710. The van der Waals surface area contributed by atoms with Crippen LogP contribution in [0.3, 0.4) is 0 Å². The summed E-state index contributed by atoms with van der Waals surface area (Å²) in [4.78, 5) is 3.69. The molecule has 1 aliphatic heterocycles. The average Bonchev–Trinajstić information content (AvgIpc) is 2.37. The van der Waals surface area contributed by atoms with Gasteiger partial charge in [0.05, 0.1) is 0 Å². The molecule has 17 heavy (non-hydrogen) atoms. The van der Waals surface area contributed by atoms with Crippen molar-refractivity contribution in [3.63, 3.8) is 0 Å². The molecule has 1 fully saturated rings. The van der Waals surface area contributed by atoms with Crippen molar-refractivity contribution in [2.75, 3.05) is 44.8 Å². The molecule has 3 nitrogen and oxygen atoms in total. The zero-order chi connectivity index (χ0) is 12.1. The SMILES string of the molecule is CSc1ccc(NCC2CN(C)CCN2)cc1. The van der Waals surface area contributed by atoms with Crippen LogP contribution in [0.2, 0.25) is 0 Å². The van der Waals surface area contributed by atoms with E-state index in [4.69, 9.17) is 0 Å². The third-order valence-corrected chi connectivity index (χ3v) is 3.84. The number of piperazine rings is 1. The molecular formula is C13H21N3S. The zero-order valence-electron chi connectivity index (χ0n) is 10.6. The smallest absolute Gasteiger partial charge is 0.0369 e. The van der Waals surface area contributed by atoms with Gasteiger partial charge in [0.2, 0.25) is 0 Å². The maximum Gasteiger partial charge on any atom is 0.0369 e. The highest BCUT2D eigenvalue weighted by molar-refractivity contribution is 7.98. The molecule has 1 aromatic rings. The molecule has 0 aromatic heterocycles. The predicted octanol–water partition coefficient (Wildman–Crippen LogP) is 1.72. The van der Waals surface area contributed by atoms with Crippen molar-refractivity contribution < 1.29 is 0 Å². The lowest BCUT2D eigenvalue weighted by molar-refractivity contribution is 0.244. The Balaban J connectivity index is 1.80. The number of thioether (sulfide) groups is 1. The van der Waals surface area contributed by atoms with Gasteiger partial charge in [0.25, 0.3) is 0 Å². The Labute approximate surface area is 108 Å². The monoisotopic (exact) mass is 251 g/mol. The minimum Gasteiger partial charge on any atom is -0.383 e. The fraction of sp³-hybridized carbons (Fsp3) is 0.538. The Morgan fingerprint density at radius 3 is 2.82 bits per heavy atom. The van der Waals surface area contributed by atoms with Crippen LogP contribution in [0.5, 0.6) is 0 Å². The number of anilines is 1. The first-order valence-electron chi connectivity index (χ1n) is 6.08. The fourth-order valence-electron chi connectivity index (χ4n) is 2.08. The highest BCUT2D eigenvalue weighted by Gasteiger charge is 2.15. The maximum absolute atomic E-state index is 3.53. The van der Waals surface area contributed by atoms with Gasteiger partial charge in [-0.2, -0.15) is 0 Å². The predicted molar refractivity (Wildman–Crippen MR) is 76.0 cm³/mol. The van der Waals surface area contributed by atoms with Gasteiger partial charge in [-0.25, -0.2) is 0 Å². The van der Waals surface area contributed by atoms with Crippen LogP contribution in [0.4, 0.5) is 5.69 Å². The largest absolute Gasteiger partial charge is 0.383 e. The fourth-order valence-corrected chi connectivity index (χ4v) is 2.49. The van der Waals surface area contributed by atoms with Crippen LogP contribution in [0.25, 0.3) is 0 Å². The normalized spacial score (nSPS) is 21.4. The lowest BCUT2D eigenvalue weighted by Crippen LogP contribution is -2.51. The molecule has 94 valence electrons. The first-order valence-corrected chi connectivity index (χ1v) is 7.30. The van der Waals surface area contributed by atoms with Crippen molar-refractivity contribution in [2.24, 2.45) is 0 Å². The van der Waals surface area contributed by atoms with Crippen LogP contribution in [-0.4, -0.2) is 50.4 Å². The van der Waals surface area contributed by atoms with Gasteiger partial charge in [-0.1, -0.05) is 0 Å². The molecule has 2 rings (SSSR count). The van der Waals surface area contributed by atoms with E-state index in [0.29, 0.717) is 6.04 Å². The molecule has 0 aliphatic carbocycles. The summed E-state index contributed by atoms with van der Waals surface area (Å²) < 4.78 is 0. The van der Waals surface area contributed by atoms with E-state index in [2.05, 4.69) is 53.1 Å². The topological polar surface area (TPSA) is 27.3 Å². The minimum absolute atomic E-state index is 0.550. The second-order valence-electron chi connectivity index (χ2n) is 4.52. The molecular weight excluding hydrogens is 230 g/mol. The minimum atomic E-state index is 0.550. The third kappa shape index (κ3) is 3.91. The molecule has 0 saturated carbocycles. The van der Waals surface area contributed by atoms with E-state index in [1.54, 1.807) is 11.8 Å². The standard InChI is InChI=1S/C13H21N3S/c1-16-8-7-14-12(10-16)9-15-11-3-5-13(17-2)6-4-11/h3-6,12,14-15H,7-10H2,1-2H3. The van der Waals surface area contributed by atoms with Crippen LogP contribution in [0, 0.1) is 0 Å². The summed E-state index contributed by atoms with van der Waals surface area (Å²) >= 11 is 1.78. The van der Waals surface area contributed by atoms with Crippen LogP contribution < -0.4 is 10.6 Å². The van der Waals surface area contributed by atoms with Crippen molar-refractivity contribution in [3.8, 4) is 0 Å². The van der Waals surface area contributed by atoms with Crippen LogP contribution in [-0.2, 0) is 0 Å². The Kier molecular flexibility index (Phi) is 4.71. The number of hydrogen-bond donors (Lipinski definition) is 2. The molecule has 1 aliphatic rings. The van der Waals surface area contributed by atoms with Gasteiger partial charge in [0.1, 0.15) is 0 Å². The molecule has 1 atom stereocenters. The van der Waals surface area contributed by atoms with Gasteiger partial charge < -0.3 is 15.5 Å². The summed E-state index contributed by atoms with van der Waals surface area (Å²) in [5, 5.41) is 7.02. The van der Waals surface area contributed by atoms with Crippen molar-refractivity contribution in [3.05, 3.63) is 24.3 Å². The van der Waals surface area contributed by atoms with Gasteiger partial charge in [-0.15, -0.1) is 11.8 Å². The van der Waals surface area contributed by atoms with Crippen molar-refractivity contribution in [1.29, 1.82) is 0 Å². The summed E-state index contributed by atoms with van der Waals surface area (Å²) in [7, 11) is 2.18. The molecule has 0 spiro atoms. The number of nitrogens with zero attached hydrogens (tertiary/aromatic N) is 1. The second-order valence-corrected chi connectivity index (χ2v) is 5.40. The number of nitrogens with one attached hydrogen (secondary N) is 2. The van der Waals surface area contributed by atoms with E-state index < -0.39 is 0 Å².